The molecule has 0 aromatic heterocycles. The standard InChI is InChI=1S/C34H60N4O6/c1-10-11-22-37(30(39)18-17-28-16-15-27(2)29(26-28)42-9)24-14-25-38(32(41)44-34(6,7)8)23-13-20-35-19-12-21-36-31(40)43-33(3,4)5/h15-16,26,35H,10-14,17-25H2,1-9H3,(H,36,40). The minimum absolute atomic E-state index is 0.132. The first-order chi connectivity index (χ1) is 20.6. The van der Waals surface area contributed by atoms with Gasteiger partial charge in [-0.25, -0.2) is 9.59 Å². The first-order valence-corrected chi connectivity index (χ1v) is 16.2. The van der Waals surface area contributed by atoms with Crippen LogP contribution in [0.25, 0.3) is 0 Å². The Morgan fingerprint density at radius 3 is 2.05 bits per heavy atom. The number of amides is 3. The van der Waals surface area contributed by atoms with E-state index in [1.54, 1.807) is 12.0 Å². The van der Waals surface area contributed by atoms with Crippen LogP contribution in [0.2, 0.25) is 0 Å². The highest BCUT2D eigenvalue weighted by atomic mass is 16.6. The van der Waals surface area contributed by atoms with Gasteiger partial charge in [0.1, 0.15) is 17.0 Å². The van der Waals surface area contributed by atoms with E-state index in [4.69, 9.17) is 14.2 Å². The lowest BCUT2D eigenvalue weighted by Crippen LogP contribution is -2.40. The second-order valence-corrected chi connectivity index (χ2v) is 13.2. The molecule has 1 rings (SSSR count). The number of unbranched alkanes of at least 4 members (excludes halogenated alkanes) is 1. The number of ether oxygens (including phenoxy) is 3. The molecule has 0 saturated heterocycles. The van der Waals surface area contributed by atoms with Crippen molar-refractivity contribution < 1.29 is 28.6 Å². The quantitative estimate of drug-likeness (QED) is 0.180. The first-order valence-electron chi connectivity index (χ1n) is 16.2. The van der Waals surface area contributed by atoms with Crippen LogP contribution in [0.1, 0.15) is 98.1 Å². The van der Waals surface area contributed by atoms with Crippen LogP contribution >= 0.6 is 0 Å². The molecule has 2 N–H and O–H groups in total. The zero-order valence-corrected chi connectivity index (χ0v) is 29.0. The summed E-state index contributed by atoms with van der Waals surface area (Å²) in [6.45, 7) is 19.6. The molecule has 0 aliphatic heterocycles. The molecule has 1 aromatic carbocycles. The molecule has 0 aliphatic carbocycles. The van der Waals surface area contributed by atoms with Crippen LogP contribution < -0.4 is 15.4 Å². The summed E-state index contributed by atoms with van der Waals surface area (Å²) in [6.07, 6.45) is 4.51. The summed E-state index contributed by atoms with van der Waals surface area (Å²) in [6, 6.07) is 6.09. The summed E-state index contributed by atoms with van der Waals surface area (Å²) in [5, 5.41) is 6.13. The van der Waals surface area contributed by atoms with Gasteiger partial charge in [-0.05, 0) is 111 Å². The van der Waals surface area contributed by atoms with Crippen LogP contribution in [-0.4, -0.2) is 92.0 Å². The van der Waals surface area contributed by atoms with E-state index in [1.165, 1.54) is 0 Å². The van der Waals surface area contributed by atoms with E-state index in [1.807, 2.05) is 65.5 Å². The molecule has 0 aliphatic rings. The molecule has 0 unspecified atom stereocenters. The number of hydrogen-bond donors (Lipinski definition) is 2. The van der Waals surface area contributed by atoms with Crippen LogP contribution in [0.5, 0.6) is 5.75 Å². The van der Waals surface area contributed by atoms with Crippen molar-refractivity contribution in [1.29, 1.82) is 0 Å². The third-order valence-electron chi connectivity index (χ3n) is 6.72. The van der Waals surface area contributed by atoms with Crippen molar-refractivity contribution in [3.05, 3.63) is 29.3 Å². The van der Waals surface area contributed by atoms with Crippen molar-refractivity contribution in [2.75, 3.05) is 52.9 Å². The first kappa shape index (κ1) is 39.0. The maximum absolute atomic E-state index is 13.2. The third-order valence-corrected chi connectivity index (χ3v) is 6.72. The summed E-state index contributed by atoms with van der Waals surface area (Å²) < 4.78 is 16.4. The van der Waals surface area contributed by atoms with Crippen molar-refractivity contribution in [3.63, 3.8) is 0 Å². The van der Waals surface area contributed by atoms with Crippen molar-refractivity contribution in [2.24, 2.45) is 0 Å². The van der Waals surface area contributed by atoms with Gasteiger partial charge in [-0.1, -0.05) is 25.5 Å². The number of alkyl carbamates (subject to hydrolysis) is 1. The molecule has 0 atom stereocenters. The zero-order valence-electron chi connectivity index (χ0n) is 29.0. The predicted octanol–water partition coefficient (Wildman–Crippen LogP) is 6.09. The molecule has 0 fully saturated rings. The number of methoxy groups -OCH3 is 1. The average molecular weight is 621 g/mol. The lowest BCUT2D eigenvalue weighted by molar-refractivity contribution is -0.131. The molecule has 3 amide bonds. The Morgan fingerprint density at radius 2 is 1.41 bits per heavy atom. The molecule has 0 saturated carbocycles. The maximum atomic E-state index is 13.2. The second-order valence-electron chi connectivity index (χ2n) is 13.2. The van der Waals surface area contributed by atoms with E-state index >= 15 is 0 Å². The largest absolute Gasteiger partial charge is 0.496 e. The van der Waals surface area contributed by atoms with Gasteiger partial charge in [0.05, 0.1) is 7.11 Å². The van der Waals surface area contributed by atoms with E-state index < -0.39 is 17.3 Å². The van der Waals surface area contributed by atoms with Crippen LogP contribution in [0.15, 0.2) is 18.2 Å². The molecule has 1 aromatic rings. The molecule has 0 radical (unpaired) electrons. The summed E-state index contributed by atoms with van der Waals surface area (Å²) in [5.74, 6) is 0.970. The second kappa shape index (κ2) is 20.1. The number of carbonyl (C=O) groups is 3. The minimum Gasteiger partial charge on any atom is -0.496 e. The monoisotopic (exact) mass is 620 g/mol. The van der Waals surface area contributed by atoms with Gasteiger partial charge in [0.15, 0.2) is 0 Å². The molecule has 44 heavy (non-hydrogen) atoms. The lowest BCUT2D eigenvalue weighted by atomic mass is 10.1. The molecule has 10 heteroatoms. The van der Waals surface area contributed by atoms with E-state index in [2.05, 4.69) is 23.6 Å². The van der Waals surface area contributed by atoms with Gasteiger partial charge in [0.2, 0.25) is 5.91 Å². The van der Waals surface area contributed by atoms with Crippen LogP contribution in [-0.2, 0) is 20.7 Å². The Morgan fingerprint density at radius 1 is 0.795 bits per heavy atom. The Hall–Kier alpha value is -3.01. The smallest absolute Gasteiger partial charge is 0.410 e. The number of nitrogens with one attached hydrogen (secondary N) is 2. The number of aryl methyl sites for hydroxylation is 2. The van der Waals surface area contributed by atoms with Gasteiger partial charge in [0, 0.05) is 39.1 Å². The third kappa shape index (κ3) is 18.0. The van der Waals surface area contributed by atoms with E-state index in [-0.39, 0.29) is 12.0 Å². The highest BCUT2D eigenvalue weighted by Crippen LogP contribution is 2.20. The van der Waals surface area contributed by atoms with Crippen LogP contribution in [0.4, 0.5) is 9.59 Å². The van der Waals surface area contributed by atoms with E-state index in [0.29, 0.717) is 52.0 Å². The normalized spacial score (nSPS) is 11.6. The van der Waals surface area contributed by atoms with Gasteiger partial charge in [-0.3, -0.25) is 4.79 Å². The molecule has 0 spiro atoms. The number of rotatable bonds is 19. The average Bonchev–Trinajstić information content (AvgIpc) is 2.92. The fraction of sp³-hybridized carbons (Fsp3) is 0.735. The topological polar surface area (TPSA) is 109 Å². The molecule has 0 bridgehead atoms. The van der Waals surface area contributed by atoms with Gasteiger partial charge >= 0.3 is 12.2 Å². The zero-order chi connectivity index (χ0) is 33.2. The molecule has 10 nitrogen and oxygen atoms in total. The Kier molecular flexibility index (Phi) is 17.8. The fourth-order valence-corrected chi connectivity index (χ4v) is 4.45. The maximum Gasteiger partial charge on any atom is 0.410 e. The summed E-state index contributed by atoms with van der Waals surface area (Å²) >= 11 is 0. The minimum atomic E-state index is -0.587. The predicted molar refractivity (Wildman–Crippen MR) is 176 cm³/mol. The van der Waals surface area contributed by atoms with Crippen molar-refractivity contribution in [3.8, 4) is 5.75 Å². The fourth-order valence-electron chi connectivity index (χ4n) is 4.45. The Labute approximate surface area is 266 Å². The van der Waals surface area contributed by atoms with Crippen LogP contribution in [0.3, 0.4) is 0 Å². The highest BCUT2D eigenvalue weighted by Gasteiger charge is 2.22. The number of hydrogen-bond acceptors (Lipinski definition) is 7. The molecule has 252 valence electrons. The van der Waals surface area contributed by atoms with Gasteiger partial charge < -0.3 is 34.6 Å². The van der Waals surface area contributed by atoms with Crippen molar-refractivity contribution in [1.82, 2.24) is 20.4 Å². The SMILES string of the molecule is CCCCN(CCCN(CCCNCCCNC(=O)OC(C)(C)C)C(=O)OC(C)(C)C)C(=O)CCc1ccc(C)c(OC)c1. The lowest BCUT2D eigenvalue weighted by Gasteiger charge is -2.29. The van der Waals surface area contributed by atoms with E-state index in [0.717, 1.165) is 55.6 Å². The highest BCUT2D eigenvalue weighted by molar-refractivity contribution is 5.76. The summed E-state index contributed by atoms with van der Waals surface area (Å²) in [4.78, 5) is 41.6. The van der Waals surface area contributed by atoms with E-state index in [9.17, 15) is 14.4 Å². The van der Waals surface area contributed by atoms with Gasteiger partial charge in [-0.2, -0.15) is 0 Å². The number of carbonyl (C=O) groups excluding carboxylic acids is 3. The van der Waals surface area contributed by atoms with Crippen LogP contribution in [0, 0.1) is 6.92 Å². The van der Waals surface area contributed by atoms with Gasteiger partial charge in [-0.15, -0.1) is 0 Å². The molecular formula is C34H60N4O6. The van der Waals surface area contributed by atoms with Gasteiger partial charge in [0.25, 0.3) is 0 Å². The number of nitrogens with zero attached hydrogens (tertiary/aromatic N) is 2. The summed E-state index contributed by atoms with van der Waals surface area (Å²) in [7, 11) is 1.66. The Bertz CT molecular complexity index is 1000. The number of benzene rings is 1. The van der Waals surface area contributed by atoms with Crippen molar-refractivity contribution in [2.45, 2.75) is 112 Å². The Balaban J connectivity index is 2.58. The molecular weight excluding hydrogens is 560 g/mol. The molecule has 0 heterocycles. The van der Waals surface area contributed by atoms with Crippen molar-refractivity contribution >= 4 is 18.1 Å². The summed E-state index contributed by atoms with van der Waals surface area (Å²) in [5.41, 5.74) is 1.06.